The highest BCUT2D eigenvalue weighted by atomic mass is 16.5. The molecule has 0 atom stereocenters. The van der Waals surface area contributed by atoms with Gasteiger partial charge >= 0.3 is 0 Å². The number of ether oxygens (including phenoxy) is 1. The van der Waals surface area contributed by atoms with Crippen LogP contribution in [0.5, 0.6) is 11.5 Å². The van der Waals surface area contributed by atoms with E-state index in [1.54, 1.807) is 12.1 Å². The third kappa shape index (κ3) is 2.25. The first-order valence-corrected chi connectivity index (χ1v) is 6.09. The number of phenolic OH excluding ortho intramolecular Hbond substituents is 1. The van der Waals surface area contributed by atoms with Gasteiger partial charge in [0.15, 0.2) is 0 Å². The van der Waals surface area contributed by atoms with E-state index in [9.17, 15) is 5.11 Å². The van der Waals surface area contributed by atoms with Crippen molar-refractivity contribution in [3.63, 3.8) is 0 Å². The predicted molar refractivity (Wildman–Crippen MR) is 71.1 cm³/mol. The Kier molecular flexibility index (Phi) is 2.81. The minimum absolute atomic E-state index is 0.302. The van der Waals surface area contributed by atoms with Gasteiger partial charge in [0.25, 0.3) is 0 Å². The van der Waals surface area contributed by atoms with Crippen molar-refractivity contribution >= 4 is 5.69 Å². The Labute approximate surface area is 106 Å². The van der Waals surface area contributed by atoms with Crippen molar-refractivity contribution in [2.75, 3.05) is 11.9 Å². The van der Waals surface area contributed by atoms with Gasteiger partial charge in [-0.25, -0.2) is 0 Å². The van der Waals surface area contributed by atoms with E-state index >= 15 is 0 Å². The zero-order chi connectivity index (χ0) is 12.4. The summed E-state index contributed by atoms with van der Waals surface area (Å²) in [5.41, 5.74) is 3.41. The van der Waals surface area contributed by atoms with Gasteiger partial charge in [-0.2, -0.15) is 0 Å². The summed E-state index contributed by atoms with van der Waals surface area (Å²) in [6.07, 6.45) is 0.983. The van der Waals surface area contributed by atoms with E-state index in [1.807, 2.05) is 24.3 Å². The minimum atomic E-state index is 0.302. The molecule has 2 N–H and O–H groups in total. The molecule has 2 aromatic carbocycles. The van der Waals surface area contributed by atoms with Crippen molar-refractivity contribution in [2.24, 2.45) is 0 Å². The summed E-state index contributed by atoms with van der Waals surface area (Å²) in [7, 11) is 0. The number of anilines is 1. The number of rotatable bonds is 3. The Hall–Kier alpha value is -2.16. The summed E-state index contributed by atoms with van der Waals surface area (Å²) in [6.45, 7) is 1.49. The molecule has 1 aliphatic rings. The molecule has 3 heteroatoms. The third-order valence-corrected chi connectivity index (χ3v) is 3.10. The Morgan fingerprint density at radius 3 is 3.00 bits per heavy atom. The zero-order valence-corrected chi connectivity index (χ0v) is 10.0. The van der Waals surface area contributed by atoms with Crippen molar-refractivity contribution < 1.29 is 9.84 Å². The van der Waals surface area contributed by atoms with Crippen LogP contribution < -0.4 is 10.1 Å². The standard InChI is InChI=1S/C15H15NO2/c17-14-3-1-2-11(8-14)10-16-13-4-5-15-12(9-13)6-7-18-15/h1-5,8-9,16-17H,6-7,10H2. The van der Waals surface area contributed by atoms with Crippen molar-refractivity contribution in [1.29, 1.82) is 0 Å². The van der Waals surface area contributed by atoms with Gasteiger partial charge in [0.1, 0.15) is 11.5 Å². The van der Waals surface area contributed by atoms with E-state index in [0.29, 0.717) is 12.3 Å². The van der Waals surface area contributed by atoms with E-state index in [0.717, 1.165) is 30.0 Å². The monoisotopic (exact) mass is 241 g/mol. The first-order valence-electron chi connectivity index (χ1n) is 6.09. The first-order chi connectivity index (χ1) is 8.81. The molecule has 0 bridgehead atoms. The Bertz CT molecular complexity index is 566. The molecule has 3 nitrogen and oxygen atoms in total. The second-order valence-electron chi connectivity index (χ2n) is 4.44. The van der Waals surface area contributed by atoms with Crippen molar-refractivity contribution in [3.05, 3.63) is 53.6 Å². The molecule has 0 spiro atoms. The van der Waals surface area contributed by atoms with Crippen LogP contribution >= 0.6 is 0 Å². The van der Waals surface area contributed by atoms with Gasteiger partial charge in [0.05, 0.1) is 6.61 Å². The number of aromatic hydroxyl groups is 1. The molecule has 0 aliphatic carbocycles. The highest BCUT2D eigenvalue weighted by molar-refractivity contribution is 5.52. The van der Waals surface area contributed by atoms with Gasteiger partial charge in [0.2, 0.25) is 0 Å². The summed E-state index contributed by atoms with van der Waals surface area (Å²) in [6, 6.07) is 13.4. The number of hydrogen-bond donors (Lipinski definition) is 2. The quantitative estimate of drug-likeness (QED) is 0.868. The van der Waals surface area contributed by atoms with E-state index in [-0.39, 0.29) is 0 Å². The van der Waals surface area contributed by atoms with Crippen molar-refractivity contribution in [1.82, 2.24) is 0 Å². The van der Waals surface area contributed by atoms with Crippen LogP contribution in [-0.4, -0.2) is 11.7 Å². The van der Waals surface area contributed by atoms with Crippen LogP contribution in [0.4, 0.5) is 5.69 Å². The number of nitrogens with one attached hydrogen (secondary N) is 1. The Morgan fingerprint density at radius 2 is 2.11 bits per heavy atom. The van der Waals surface area contributed by atoms with Crippen LogP contribution in [0.1, 0.15) is 11.1 Å². The number of hydrogen-bond acceptors (Lipinski definition) is 3. The van der Waals surface area contributed by atoms with Gasteiger partial charge in [-0.15, -0.1) is 0 Å². The molecule has 92 valence electrons. The molecule has 0 saturated heterocycles. The summed E-state index contributed by atoms with van der Waals surface area (Å²) in [4.78, 5) is 0. The number of benzene rings is 2. The maximum absolute atomic E-state index is 9.39. The topological polar surface area (TPSA) is 41.5 Å². The second-order valence-corrected chi connectivity index (χ2v) is 4.44. The highest BCUT2D eigenvalue weighted by Gasteiger charge is 2.11. The fourth-order valence-corrected chi connectivity index (χ4v) is 2.17. The number of phenols is 1. The summed E-state index contributed by atoms with van der Waals surface area (Å²) >= 11 is 0. The lowest BCUT2D eigenvalue weighted by atomic mass is 10.1. The molecule has 3 rings (SSSR count). The van der Waals surface area contributed by atoms with Gasteiger partial charge in [-0.1, -0.05) is 12.1 Å². The molecule has 0 amide bonds. The first kappa shape index (κ1) is 11.0. The van der Waals surface area contributed by atoms with Crippen LogP contribution in [0, 0.1) is 0 Å². The smallest absolute Gasteiger partial charge is 0.122 e. The molecule has 0 saturated carbocycles. The molecule has 0 radical (unpaired) electrons. The number of fused-ring (bicyclic) bond motifs is 1. The Morgan fingerprint density at radius 1 is 1.17 bits per heavy atom. The lowest BCUT2D eigenvalue weighted by molar-refractivity contribution is 0.357. The molecule has 18 heavy (non-hydrogen) atoms. The maximum atomic E-state index is 9.39. The average Bonchev–Trinajstić information content (AvgIpc) is 2.84. The van der Waals surface area contributed by atoms with Crippen LogP contribution in [0.25, 0.3) is 0 Å². The molecule has 2 aromatic rings. The van der Waals surface area contributed by atoms with Crippen LogP contribution in [0.3, 0.4) is 0 Å². The fourth-order valence-electron chi connectivity index (χ4n) is 2.17. The van der Waals surface area contributed by atoms with Crippen LogP contribution in [0.2, 0.25) is 0 Å². The molecule has 0 unspecified atom stereocenters. The van der Waals surface area contributed by atoms with Gasteiger partial charge in [-0.05, 0) is 41.5 Å². The Balaban J connectivity index is 1.70. The van der Waals surface area contributed by atoms with Crippen LogP contribution in [-0.2, 0) is 13.0 Å². The third-order valence-electron chi connectivity index (χ3n) is 3.10. The van der Waals surface area contributed by atoms with Crippen molar-refractivity contribution in [2.45, 2.75) is 13.0 Å². The lowest BCUT2D eigenvalue weighted by Gasteiger charge is -2.08. The largest absolute Gasteiger partial charge is 0.508 e. The lowest BCUT2D eigenvalue weighted by Crippen LogP contribution is -1.99. The van der Waals surface area contributed by atoms with Gasteiger partial charge < -0.3 is 15.2 Å². The van der Waals surface area contributed by atoms with Gasteiger partial charge in [0, 0.05) is 18.7 Å². The average molecular weight is 241 g/mol. The zero-order valence-electron chi connectivity index (χ0n) is 10.0. The molecule has 0 fully saturated rings. The summed E-state index contributed by atoms with van der Waals surface area (Å²) in [5, 5.41) is 12.7. The predicted octanol–water partition coefficient (Wildman–Crippen LogP) is 2.94. The van der Waals surface area contributed by atoms with E-state index < -0.39 is 0 Å². The maximum Gasteiger partial charge on any atom is 0.122 e. The van der Waals surface area contributed by atoms with Crippen LogP contribution in [0.15, 0.2) is 42.5 Å². The second kappa shape index (κ2) is 4.61. The molecule has 0 aromatic heterocycles. The van der Waals surface area contributed by atoms with E-state index in [1.165, 1.54) is 5.56 Å². The molecular formula is C15H15NO2. The normalized spacial score (nSPS) is 12.9. The molecule has 1 aliphatic heterocycles. The highest BCUT2D eigenvalue weighted by Crippen LogP contribution is 2.28. The SMILES string of the molecule is Oc1cccc(CNc2ccc3c(c2)CCO3)c1. The van der Waals surface area contributed by atoms with Gasteiger partial charge in [-0.3, -0.25) is 0 Å². The fraction of sp³-hybridized carbons (Fsp3) is 0.200. The minimum Gasteiger partial charge on any atom is -0.508 e. The summed E-state index contributed by atoms with van der Waals surface area (Å²) in [5.74, 6) is 1.30. The van der Waals surface area contributed by atoms with Crippen molar-refractivity contribution in [3.8, 4) is 11.5 Å². The molecule has 1 heterocycles. The van der Waals surface area contributed by atoms with E-state index in [2.05, 4.69) is 11.4 Å². The molecular weight excluding hydrogens is 226 g/mol. The van der Waals surface area contributed by atoms with E-state index in [4.69, 9.17) is 4.74 Å². The summed E-state index contributed by atoms with van der Waals surface area (Å²) < 4.78 is 5.47.